The van der Waals surface area contributed by atoms with Crippen LogP contribution >= 0.6 is 0 Å². The molecule has 0 aliphatic heterocycles. The number of nitrogens with zero attached hydrogens (tertiary/aromatic N) is 3. The van der Waals surface area contributed by atoms with Crippen LogP contribution in [-0.2, 0) is 6.18 Å². The summed E-state index contributed by atoms with van der Waals surface area (Å²) in [5, 5.41) is 16.9. The fourth-order valence-corrected chi connectivity index (χ4v) is 1.64. The Morgan fingerprint density at radius 1 is 1.35 bits per heavy atom. The maximum atomic E-state index is 13.2. The third-order valence-corrected chi connectivity index (χ3v) is 2.76. The molecule has 2 rings (SSSR count). The second kappa shape index (κ2) is 5.20. The van der Waals surface area contributed by atoms with Crippen LogP contribution in [0.5, 0.6) is 0 Å². The van der Waals surface area contributed by atoms with Crippen LogP contribution < -0.4 is 0 Å². The zero-order chi connectivity index (χ0) is 14.9. The maximum Gasteiger partial charge on any atom is 0.419 e. The fraction of sp³-hybridized carbons (Fsp3) is 0.333. The van der Waals surface area contributed by atoms with E-state index in [0.717, 1.165) is 16.8 Å². The molecule has 0 amide bonds. The van der Waals surface area contributed by atoms with Gasteiger partial charge in [-0.15, -0.1) is 5.10 Å². The minimum absolute atomic E-state index is 0.0146. The van der Waals surface area contributed by atoms with Crippen LogP contribution in [0.25, 0.3) is 5.69 Å². The number of hydrogen-bond acceptors (Lipinski definition) is 3. The van der Waals surface area contributed by atoms with Crippen molar-refractivity contribution in [2.24, 2.45) is 0 Å². The van der Waals surface area contributed by atoms with Gasteiger partial charge in [0.1, 0.15) is 11.5 Å². The van der Waals surface area contributed by atoms with Gasteiger partial charge in [0.25, 0.3) is 0 Å². The number of aliphatic hydroxyl groups is 1. The minimum Gasteiger partial charge on any atom is -0.387 e. The van der Waals surface area contributed by atoms with Crippen LogP contribution in [0.2, 0.25) is 0 Å². The van der Waals surface area contributed by atoms with Crippen molar-refractivity contribution in [3.8, 4) is 5.69 Å². The molecule has 1 aromatic heterocycles. The Bertz CT molecular complexity index is 609. The summed E-state index contributed by atoms with van der Waals surface area (Å²) in [6.07, 6.45) is -3.92. The third-order valence-electron chi connectivity index (χ3n) is 2.76. The summed E-state index contributed by atoms with van der Waals surface area (Å²) in [5.41, 5.74) is -1.12. The molecule has 0 spiro atoms. The summed E-state index contributed by atoms with van der Waals surface area (Å²) >= 11 is 0. The van der Waals surface area contributed by atoms with E-state index < -0.39 is 23.7 Å². The average molecular weight is 289 g/mol. The SMILES string of the molecule is CCC(O)c1cn(-c2ccc(F)c(C(F)(F)F)c2)nn1. The molecule has 1 heterocycles. The number of aromatic nitrogens is 3. The van der Waals surface area contributed by atoms with Gasteiger partial charge in [0.2, 0.25) is 0 Å². The van der Waals surface area contributed by atoms with Gasteiger partial charge < -0.3 is 5.11 Å². The van der Waals surface area contributed by atoms with Crippen molar-refractivity contribution in [2.75, 3.05) is 0 Å². The minimum atomic E-state index is -4.79. The summed E-state index contributed by atoms with van der Waals surface area (Å²) in [6, 6.07) is 2.52. The van der Waals surface area contributed by atoms with Gasteiger partial charge in [-0.25, -0.2) is 9.07 Å². The van der Waals surface area contributed by atoms with E-state index in [2.05, 4.69) is 10.3 Å². The molecule has 2 aromatic rings. The van der Waals surface area contributed by atoms with E-state index in [1.165, 1.54) is 6.20 Å². The van der Waals surface area contributed by atoms with E-state index in [1.54, 1.807) is 6.92 Å². The van der Waals surface area contributed by atoms with Crippen molar-refractivity contribution in [1.82, 2.24) is 15.0 Å². The molecular formula is C12H11F4N3O. The van der Waals surface area contributed by atoms with Gasteiger partial charge in [-0.05, 0) is 24.6 Å². The molecule has 1 aromatic carbocycles. The van der Waals surface area contributed by atoms with Crippen molar-refractivity contribution in [3.05, 3.63) is 41.5 Å². The Morgan fingerprint density at radius 2 is 2.05 bits per heavy atom. The lowest BCUT2D eigenvalue weighted by atomic mass is 10.2. The van der Waals surface area contributed by atoms with Gasteiger partial charge in [-0.3, -0.25) is 0 Å². The zero-order valence-corrected chi connectivity index (χ0v) is 10.4. The van der Waals surface area contributed by atoms with Gasteiger partial charge in [-0.2, -0.15) is 13.2 Å². The Hall–Kier alpha value is -1.96. The maximum absolute atomic E-state index is 13.2. The summed E-state index contributed by atoms with van der Waals surface area (Å²) in [6.45, 7) is 1.73. The van der Waals surface area contributed by atoms with Gasteiger partial charge in [0, 0.05) is 0 Å². The molecule has 8 heteroatoms. The second-order valence-electron chi connectivity index (χ2n) is 4.17. The van der Waals surface area contributed by atoms with Crippen LogP contribution in [0.15, 0.2) is 24.4 Å². The van der Waals surface area contributed by atoms with E-state index >= 15 is 0 Å². The molecule has 1 atom stereocenters. The lowest BCUT2D eigenvalue weighted by Crippen LogP contribution is -2.09. The smallest absolute Gasteiger partial charge is 0.387 e. The first-order chi connectivity index (χ1) is 9.32. The van der Waals surface area contributed by atoms with E-state index in [9.17, 15) is 22.7 Å². The molecule has 108 valence electrons. The highest BCUT2D eigenvalue weighted by molar-refractivity contribution is 5.37. The molecule has 1 N–H and O–H groups in total. The van der Waals surface area contributed by atoms with Gasteiger partial charge in [0.05, 0.1) is 23.6 Å². The lowest BCUT2D eigenvalue weighted by molar-refractivity contribution is -0.140. The van der Waals surface area contributed by atoms with E-state index in [1.807, 2.05) is 0 Å². The molecule has 4 nitrogen and oxygen atoms in total. The number of hydrogen-bond donors (Lipinski definition) is 1. The lowest BCUT2D eigenvalue weighted by Gasteiger charge is -2.09. The van der Waals surface area contributed by atoms with Crippen LogP contribution in [0.3, 0.4) is 0 Å². The number of alkyl halides is 3. The third kappa shape index (κ3) is 2.79. The van der Waals surface area contributed by atoms with Crippen molar-refractivity contribution >= 4 is 0 Å². The molecule has 0 aliphatic rings. The molecule has 1 unspecified atom stereocenters. The van der Waals surface area contributed by atoms with Crippen LogP contribution in [0.4, 0.5) is 17.6 Å². The Labute approximate surface area is 111 Å². The molecule has 0 saturated heterocycles. The molecule has 0 saturated carbocycles. The average Bonchev–Trinajstić information content (AvgIpc) is 2.86. The summed E-state index contributed by atoms with van der Waals surface area (Å²) in [7, 11) is 0. The molecular weight excluding hydrogens is 278 g/mol. The molecule has 0 aliphatic carbocycles. The standard InChI is InChI=1S/C12H11F4N3O/c1-2-11(20)10-6-19(18-17-10)7-3-4-9(13)8(5-7)12(14,15)16/h3-6,11,20H,2H2,1H3. The monoisotopic (exact) mass is 289 g/mol. The summed E-state index contributed by atoms with van der Waals surface area (Å²) in [5.74, 6) is -1.35. The quantitative estimate of drug-likeness (QED) is 0.884. The Balaban J connectivity index is 2.41. The highest BCUT2D eigenvalue weighted by atomic mass is 19.4. The van der Waals surface area contributed by atoms with Crippen LogP contribution in [-0.4, -0.2) is 20.1 Å². The van der Waals surface area contributed by atoms with Crippen molar-refractivity contribution in [3.63, 3.8) is 0 Å². The van der Waals surface area contributed by atoms with E-state index in [4.69, 9.17) is 0 Å². The van der Waals surface area contributed by atoms with E-state index in [0.29, 0.717) is 12.5 Å². The van der Waals surface area contributed by atoms with Gasteiger partial charge in [-0.1, -0.05) is 12.1 Å². The van der Waals surface area contributed by atoms with Crippen molar-refractivity contribution in [1.29, 1.82) is 0 Å². The largest absolute Gasteiger partial charge is 0.419 e. The predicted molar refractivity (Wildman–Crippen MR) is 61.6 cm³/mol. The normalized spacial score (nSPS) is 13.5. The highest BCUT2D eigenvalue weighted by Gasteiger charge is 2.34. The second-order valence-corrected chi connectivity index (χ2v) is 4.17. The molecule has 20 heavy (non-hydrogen) atoms. The van der Waals surface area contributed by atoms with Crippen molar-refractivity contribution < 1.29 is 22.7 Å². The van der Waals surface area contributed by atoms with Gasteiger partial charge in [0.15, 0.2) is 0 Å². The molecule has 0 radical (unpaired) electrons. The van der Waals surface area contributed by atoms with Crippen molar-refractivity contribution in [2.45, 2.75) is 25.6 Å². The first-order valence-corrected chi connectivity index (χ1v) is 5.80. The van der Waals surface area contributed by atoms with Gasteiger partial charge >= 0.3 is 6.18 Å². The number of aliphatic hydroxyl groups excluding tert-OH is 1. The Kier molecular flexibility index (Phi) is 3.76. The highest BCUT2D eigenvalue weighted by Crippen LogP contribution is 2.32. The number of halogens is 4. The predicted octanol–water partition coefficient (Wildman–Crippen LogP) is 2.87. The first-order valence-electron chi connectivity index (χ1n) is 5.80. The topological polar surface area (TPSA) is 50.9 Å². The zero-order valence-electron chi connectivity index (χ0n) is 10.4. The summed E-state index contributed by atoms with van der Waals surface area (Å²) in [4.78, 5) is 0. The Morgan fingerprint density at radius 3 is 2.65 bits per heavy atom. The number of rotatable bonds is 3. The molecule has 0 fully saturated rings. The van der Waals surface area contributed by atoms with Crippen LogP contribution in [0, 0.1) is 5.82 Å². The molecule has 0 bridgehead atoms. The number of benzene rings is 1. The fourth-order valence-electron chi connectivity index (χ4n) is 1.64. The van der Waals surface area contributed by atoms with Crippen LogP contribution in [0.1, 0.15) is 30.7 Å². The first kappa shape index (κ1) is 14.4. The van der Waals surface area contributed by atoms with E-state index in [-0.39, 0.29) is 11.4 Å². The summed E-state index contributed by atoms with van der Waals surface area (Å²) < 4.78 is 52.0.